The molecule has 1 aliphatic carbocycles. The molecule has 1 aromatic carbocycles. The predicted octanol–water partition coefficient (Wildman–Crippen LogP) is 4.22. The molecule has 1 aromatic heterocycles. The highest BCUT2D eigenvalue weighted by molar-refractivity contribution is 5.96. The Hall–Kier alpha value is -2.30. The Morgan fingerprint density at radius 2 is 1.96 bits per heavy atom. The number of likely N-dealkylation sites (N-methyl/N-ethyl adjacent to an activating group) is 1. The lowest BCUT2D eigenvalue weighted by atomic mass is 9.79. The second-order valence-electron chi connectivity index (χ2n) is 8.01. The fraction of sp³-hybridized carbons (Fsp3) is 0.545. The first-order valence-electron chi connectivity index (χ1n) is 10.1. The molecular formula is C22H28N2O3. The number of furan rings is 1. The van der Waals surface area contributed by atoms with E-state index >= 15 is 0 Å². The highest BCUT2D eigenvalue weighted by atomic mass is 16.3. The molecule has 2 amide bonds. The minimum absolute atomic E-state index is 0.0534. The maximum atomic E-state index is 13.2. The maximum absolute atomic E-state index is 13.2. The first-order valence-corrected chi connectivity index (χ1v) is 10.1. The van der Waals surface area contributed by atoms with Crippen LogP contribution >= 0.6 is 0 Å². The summed E-state index contributed by atoms with van der Waals surface area (Å²) in [5, 5.41) is 0.942. The lowest BCUT2D eigenvalue weighted by Crippen LogP contribution is -2.47. The van der Waals surface area contributed by atoms with Gasteiger partial charge in [-0.15, -0.1) is 0 Å². The average molecular weight is 368 g/mol. The number of para-hydroxylation sites is 1. The molecule has 5 nitrogen and oxygen atoms in total. The van der Waals surface area contributed by atoms with Gasteiger partial charge in [0.15, 0.2) is 5.76 Å². The SMILES string of the molecule is CCN(C(=O)c1cc2ccccc2o1)[C@H]1CN(C(C)=O)C2(CCCCC2)C1. The van der Waals surface area contributed by atoms with Crippen molar-refractivity contribution in [2.24, 2.45) is 0 Å². The van der Waals surface area contributed by atoms with Gasteiger partial charge >= 0.3 is 0 Å². The molecule has 0 N–H and O–H groups in total. The fourth-order valence-electron chi connectivity index (χ4n) is 5.17. The monoisotopic (exact) mass is 368 g/mol. The number of hydrogen-bond acceptors (Lipinski definition) is 3. The van der Waals surface area contributed by atoms with E-state index in [-0.39, 0.29) is 23.4 Å². The molecule has 4 rings (SSSR count). The predicted molar refractivity (Wildman–Crippen MR) is 105 cm³/mol. The molecule has 1 saturated heterocycles. The van der Waals surface area contributed by atoms with Gasteiger partial charge in [0.1, 0.15) is 5.58 Å². The van der Waals surface area contributed by atoms with Crippen molar-refractivity contribution in [1.29, 1.82) is 0 Å². The van der Waals surface area contributed by atoms with E-state index in [0.29, 0.717) is 18.8 Å². The van der Waals surface area contributed by atoms with Crippen LogP contribution < -0.4 is 0 Å². The van der Waals surface area contributed by atoms with Crippen molar-refractivity contribution in [3.63, 3.8) is 0 Å². The molecule has 144 valence electrons. The van der Waals surface area contributed by atoms with Crippen molar-refractivity contribution in [2.75, 3.05) is 13.1 Å². The molecule has 2 aliphatic rings. The van der Waals surface area contributed by atoms with Gasteiger partial charge in [-0.25, -0.2) is 0 Å². The summed E-state index contributed by atoms with van der Waals surface area (Å²) in [7, 11) is 0. The molecule has 5 heteroatoms. The van der Waals surface area contributed by atoms with E-state index in [1.165, 1.54) is 19.3 Å². The number of nitrogens with zero attached hydrogens (tertiary/aromatic N) is 2. The Morgan fingerprint density at radius 3 is 2.63 bits per heavy atom. The van der Waals surface area contributed by atoms with Gasteiger partial charge in [0, 0.05) is 30.9 Å². The van der Waals surface area contributed by atoms with Crippen LogP contribution in [0.15, 0.2) is 34.7 Å². The van der Waals surface area contributed by atoms with Gasteiger partial charge in [0.05, 0.1) is 6.04 Å². The summed E-state index contributed by atoms with van der Waals surface area (Å²) in [4.78, 5) is 29.5. The number of amides is 2. The van der Waals surface area contributed by atoms with E-state index in [4.69, 9.17) is 4.42 Å². The number of hydrogen-bond donors (Lipinski definition) is 0. The first-order chi connectivity index (χ1) is 13.0. The van der Waals surface area contributed by atoms with Crippen LogP contribution in [0, 0.1) is 0 Å². The molecule has 0 radical (unpaired) electrons. The average Bonchev–Trinajstić information content (AvgIpc) is 3.25. The molecule has 0 bridgehead atoms. The second kappa shape index (κ2) is 7.02. The van der Waals surface area contributed by atoms with Crippen molar-refractivity contribution in [1.82, 2.24) is 9.80 Å². The van der Waals surface area contributed by atoms with Crippen molar-refractivity contribution in [2.45, 2.75) is 64.0 Å². The molecule has 27 heavy (non-hydrogen) atoms. The summed E-state index contributed by atoms with van der Waals surface area (Å²) in [6, 6.07) is 9.57. The molecule has 0 unspecified atom stereocenters. The normalized spacial score (nSPS) is 21.7. The van der Waals surface area contributed by atoms with E-state index in [9.17, 15) is 9.59 Å². The Labute approximate surface area is 160 Å². The lowest BCUT2D eigenvalue weighted by molar-refractivity contribution is -0.134. The molecule has 2 heterocycles. The number of carbonyl (C=O) groups is 2. The number of carbonyl (C=O) groups excluding carboxylic acids is 2. The van der Waals surface area contributed by atoms with Crippen LogP contribution in [-0.4, -0.2) is 46.3 Å². The van der Waals surface area contributed by atoms with Crippen LogP contribution in [0.5, 0.6) is 0 Å². The van der Waals surface area contributed by atoms with E-state index in [0.717, 1.165) is 30.2 Å². The quantitative estimate of drug-likeness (QED) is 0.815. The third kappa shape index (κ3) is 3.13. The van der Waals surface area contributed by atoms with E-state index in [1.54, 1.807) is 6.92 Å². The summed E-state index contributed by atoms with van der Waals surface area (Å²) < 4.78 is 5.81. The topological polar surface area (TPSA) is 53.8 Å². The number of likely N-dealkylation sites (tertiary alicyclic amines) is 1. The summed E-state index contributed by atoms with van der Waals surface area (Å²) >= 11 is 0. The number of fused-ring (bicyclic) bond motifs is 1. The van der Waals surface area contributed by atoms with E-state index in [1.807, 2.05) is 47.1 Å². The maximum Gasteiger partial charge on any atom is 0.289 e. The summed E-state index contributed by atoms with van der Waals surface area (Å²) in [5.41, 5.74) is 0.675. The molecule has 1 atom stereocenters. The highest BCUT2D eigenvalue weighted by Crippen LogP contribution is 2.43. The van der Waals surface area contributed by atoms with Gasteiger partial charge in [0.25, 0.3) is 5.91 Å². The molecule has 1 spiro atoms. The van der Waals surface area contributed by atoms with Gasteiger partial charge in [-0.05, 0) is 38.3 Å². The second-order valence-corrected chi connectivity index (χ2v) is 8.01. The van der Waals surface area contributed by atoms with E-state index < -0.39 is 0 Å². The third-order valence-corrected chi connectivity index (χ3v) is 6.42. The third-order valence-electron chi connectivity index (χ3n) is 6.42. The first kappa shape index (κ1) is 18.1. The zero-order valence-electron chi connectivity index (χ0n) is 16.2. The van der Waals surface area contributed by atoms with Crippen LogP contribution in [0.4, 0.5) is 0 Å². The minimum atomic E-state index is -0.0740. The Bertz CT molecular complexity index is 817. The standard InChI is InChI=1S/C22H28N2O3/c1-3-23(21(26)20-13-17-9-5-6-10-19(17)27-20)18-14-22(11-7-4-8-12-22)24(15-18)16(2)25/h5-6,9-10,13,18H,3-4,7-8,11-12,14-15H2,1-2H3/t18-/m1/s1. The molecular weight excluding hydrogens is 340 g/mol. The van der Waals surface area contributed by atoms with Crippen LogP contribution in [0.1, 0.15) is 62.9 Å². The molecule has 2 aromatic rings. The van der Waals surface area contributed by atoms with Crippen molar-refractivity contribution >= 4 is 22.8 Å². The molecule has 1 aliphatic heterocycles. The van der Waals surface area contributed by atoms with Crippen LogP contribution in [0.3, 0.4) is 0 Å². The smallest absolute Gasteiger partial charge is 0.289 e. The van der Waals surface area contributed by atoms with Gasteiger partial charge in [-0.3, -0.25) is 9.59 Å². The number of rotatable bonds is 3. The lowest BCUT2D eigenvalue weighted by Gasteiger charge is -2.41. The van der Waals surface area contributed by atoms with Gasteiger partial charge in [-0.1, -0.05) is 37.5 Å². The summed E-state index contributed by atoms with van der Waals surface area (Å²) in [6.45, 7) is 4.91. The van der Waals surface area contributed by atoms with Crippen molar-refractivity contribution in [3.05, 3.63) is 36.1 Å². The van der Waals surface area contributed by atoms with Crippen molar-refractivity contribution in [3.8, 4) is 0 Å². The summed E-state index contributed by atoms with van der Waals surface area (Å²) in [5.74, 6) is 0.443. The molecule has 1 saturated carbocycles. The fourth-order valence-corrected chi connectivity index (χ4v) is 5.17. The Kier molecular flexibility index (Phi) is 4.70. The van der Waals surface area contributed by atoms with Gasteiger partial charge < -0.3 is 14.2 Å². The summed E-state index contributed by atoms with van der Waals surface area (Å²) in [6.07, 6.45) is 6.57. The Balaban J connectivity index is 1.60. The van der Waals surface area contributed by atoms with Crippen LogP contribution in [0.2, 0.25) is 0 Å². The largest absolute Gasteiger partial charge is 0.451 e. The zero-order valence-corrected chi connectivity index (χ0v) is 16.2. The van der Waals surface area contributed by atoms with Crippen molar-refractivity contribution < 1.29 is 14.0 Å². The van der Waals surface area contributed by atoms with Gasteiger partial charge in [-0.2, -0.15) is 0 Å². The van der Waals surface area contributed by atoms with Crippen LogP contribution in [-0.2, 0) is 4.79 Å². The van der Waals surface area contributed by atoms with Crippen LogP contribution in [0.25, 0.3) is 11.0 Å². The molecule has 2 fully saturated rings. The zero-order chi connectivity index (χ0) is 19.0. The van der Waals surface area contributed by atoms with E-state index in [2.05, 4.69) is 0 Å². The number of benzene rings is 1. The highest BCUT2D eigenvalue weighted by Gasteiger charge is 2.49. The minimum Gasteiger partial charge on any atom is -0.451 e. The van der Waals surface area contributed by atoms with Gasteiger partial charge in [0.2, 0.25) is 5.91 Å². The Morgan fingerprint density at radius 1 is 1.22 bits per heavy atom.